The molecule has 0 saturated carbocycles. The Hall–Kier alpha value is -2.95. The normalized spacial score (nSPS) is 14.2. The van der Waals surface area contributed by atoms with Crippen molar-refractivity contribution < 1.29 is 24.5 Å². The SMILES string of the molecule is CCCc1cc(O)cc2c1OCC(=O)N2.CO.COC1=CC=C=C(CC(C)(C)C)C=C1. The number of nitrogens with one attached hydrogen (secondary N) is 1. The van der Waals surface area contributed by atoms with E-state index in [0.717, 1.165) is 37.7 Å². The van der Waals surface area contributed by atoms with Crippen molar-refractivity contribution in [3.63, 3.8) is 0 Å². The van der Waals surface area contributed by atoms with Gasteiger partial charge in [0.25, 0.3) is 5.91 Å². The van der Waals surface area contributed by atoms with Crippen LogP contribution in [0.25, 0.3) is 0 Å². The van der Waals surface area contributed by atoms with Gasteiger partial charge >= 0.3 is 0 Å². The fourth-order valence-electron chi connectivity index (χ4n) is 3.05. The van der Waals surface area contributed by atoms with E-state index in [0.29, 0.717) is 16.9 Å². The molecule has 0 radical (unpaired) electrons. The number of aliphatic hydroxyl groups excluding tert-OH is 1. The number of ether oxygens (including phenoxy) is 2. The highest BCUT2D eigenvalue weighted by atomic mass is 16.5. The van der Waals surface area contributed by atoms with Crippen LogP contribution in [0.5, 0.6) is 11.5 Å². The third-order valence-electron chi connectivity index (χ3n) is 4.21. The molecule has 1 aromatic carbocycles. The molecule has 1 aliphatic heterocycles. The molecule has 6 heteroatoms. The smallest absolute Gasteiger partial charge is 0.262 e. The molecule has 0 atom stereocenters. The lowest BCUT2D eigenvalue weighted by Gasteiger charge is -2.20. The zero-order valence-corrected chi connectivity index (χ0v) is 19.4. The molecule has 0 saturated heterocycles. The Labute approximate surface area is 185 Å². The Bertz CT molecular complexity index is 869. The summed E-state index contributed by atoms with van der Waals surface area (Å²) >= 11 is 0. The summed E-state index contributed by atoms with van der Waals surface area (Å²) in [6.07, 6.45) is 10.7. The lowest BCUT2D eigenvalue weighted by Crippen LogP contribution is -2.26. The zero-order chi connectivity index (χ0) is 23.4. The van der Waals surface area contributed by atoms with Gasteiger partial charge in [0.05, 0.1) is 12.8 Å². The minimum absolute atomic E-state index is 0.0501. The van der Waals surface area contributed by atoms with Crippen molar-refractivity contribution in [2.45, 2.75) is 47.0 Å². The Morgan fingerprint density at radius 1 is 1.23 bits per heavy atom. The molecule has 0 fully saturated rings. The summed E-state index contributed by atoms with van der Waals surface area (Å²) in [6, 6.07) is 3.19. The Morgan fingerprint density at radius 3 is 2.55 bits per heavy atom. The molecule has 1 amide bonds. The summed E-state index contributed by atoms with van der Waals surface area (Å²) in [5.74, 6) is 1.54. The molecule has 1 heterocycles. The number of allylic oxidation sites excluding steroid dienone is 4. The Balaban J connectivity index is 0.000000288. The van der Waals surface area contributed by atoms with Crippen LogP contribution in [-0.2, 0) is 16.0 Å². The number of methoxy groups -OCH3 is 1. The number of phenols is 1. The van der Waals surface area contributed by atoms with E-state index in [1.165, 1.54) is 11.6 Å². The topological polar surface area (TPSA) is 88.0 Å². The van der Waals surface area contributed by atoms with Crippen molar-refractivity contribution in [2.75, 3.05) is 26.1 Å². The second-order valence-corrected chi connectivity index (χ2v) is 8.25. The lowest BCUT2D eigenvalue weighted by molar-refractivity contribution is -0.118. The summed E-state index contributed by atoms with van der Waals surface area (Å²) < 4.78 is 10.5. The number of carbonyl (C=O) groups excluding carboxylic acids is 1. The number of carbonyl (C=O) groups is 1. The number of hydrogen-bond acceptors (Lipinski definition) is 5. The van der Waals surface area contributed by atoms with Crippen LogP contribution in [0, 0.1) is 5.41 Å². The second-order valence-electron chi connectivity index (χ2n) is 8.25. The van der Waals surface area contributed by atoms with Gasteiger partial charge in [-0.05, 0) is 59.8 Å². The van der Waals surface area contributed by atoms with E-state index in [-0.39, 0.29) is 18.3 Å². The molecular weight excluding hydrogens is 394 g/mol. The van der Waals surface area contributed by atoms with Crippen molar-refractivity contribution in [1.29, 1.82) is 0 Å². The molecule has 0 aromatic heterocycles. The minimum atomic E-state index is -0.185. The van der Waals surface area contributed by atoms with Gasteiger partial charge in [-0.15, -0.1) is 5.73 Å². The first-order chi connectivity index (χ1) is 14.7. The summed E-state index contributed by atoms with van der Waals surface area (Å²) in [7, 11) is 2.68. The van der Waals surface area contributed by atoms with Crippen LogP contribution in [0.2, 0.25) is 0 Å². The van der Waals surface area contributed by atoms with Crippen LogP contribution in [0.3, 0.4) is 0 Å². The second kappa shape index (κ2) is 12.7. The highest BCUT2D eigenvalue weighted by Crippen LogP contribution is 2.36. The molecule has 6 nitrogen and oxygen atoms in total. The number of anilines is 1. The molecule has 0 unspecified atom stereocenters. The minimum Gasteiger partial charge on any atom is -0.508 e. The van der Waals surface area contributed by atoms with E-state index in [1.54, 1.807) is 13.2 Å². The first-order valence-corrected chi connectivity index (χ1v) is 10.3. The summed E-state index contributed by atoms with van der Waals surface area (Å²) in [6.45, 7) is 8.79. The van der Waals surface area contributed by atoms with Crippen LogP contribution >= 0.6 is 0 Å². The van der Waals surface area contributed by atoms with Gasteiger partial charge in [-0.1, -0.05) is 34.1 Å². The van der Waals surface area contributed by atoms with Gasteiger partial charge in [0.15, 0.2) is 6.61 Å². The van der Waals surface area contributed by atoms with Gasteiger partial charge in [-0.25, -0.2) is 0 Å². The molecule has 170 valence electrons. The Morgan fingerprint density at radius 2 is 1.94 bits per heavy atom. The van der Waals surface area contributed by atoms with Gasteiger partial charge in [-0.3, -0.25) is 4.79 Å². The molecule has 3 rings (SSSR count). The summed E-state index contributed by atoms with van der Waals surface area (Å²) in [5, 5.41) is 19.2. The van der Waals surface area contributed by atoms with Crippen LogP contribution in [0.15, 0.2) is 53.5 Å². The van der Waals surface area contributed by atoms with E-state index in [4.69, 9.17) is 14.6 Å². The maximum Gasteiger partial charge on any atom is 0.262 e. The number of aromatic hydroxyl groups is 1. The van der Waals surface area contributed by atoms with Gasteiger partial charge in [0.2, 0.25) is 0 Å². The van der Waals surface area contributed by atoms with E-state index in [2.05, 4.69) is 44.8 Å². The number of amides is 1. The average molecular weight is 430 g/mol. The first kappa shape index (κ1) is 26.1. The first-order valence-electron chi connectivity index (χ1n) is 10.3. The average Bonchev–Trinajstić information content (AvgIpc) is 2.93. The fourth-order valence-corrected chi connectivity index (χ4v) is 3.05. The van der Waals surface area contributed by atoms with Crippen LogP contribution < -0.4 is 10.1 Å². The van der Waals surface area contributed by atoms with E-state index >= 15 is 0 Å². The van der Waals surface area contributed by atoms with Crippen molar-refractivity contribution in [3.05, 3.63) is 59.1 Å². The van der Waals surface area contributed by atoms with Gasteiger partial charge < -0.3 is 25.0 Å². The van der Waals surface area contributed by atoms with Gasteiger partial charge in [-0.2, -0.15) is 0 Å². The predicted molar refractivity (Wildman–Crippen MR) is 124 cm³/mol. The molecular formula is C25H35NO5. The molecule has 0 spiro atoms. The summed E-state index contributed by atoms with van der Waals surface area (Å²) in [5.41, 5.74) is 6.28. The van der Waals surface area contributed by atoms with E-state index in [1.807, 2.05) is 18.2 Å². The molecule has 3 N–H and O–H groups in total. The number of fused-ring (bicyclic) bond motifs is 1. The summed E-state index contributed by atoms with van der Waals surface area (Å²) in [4.78, 5) is 11.1. The number of benzene rings is 1. The highest BCUT2D eigenvalue weighted by molar-refractivity contribution is 5.96. The van der Waals surface area contributed by atoms with Gasteiger partial charge in [0.1, 0.15) is 17.3 Å². The maximum atomic E-state index is 11.1. The maximum absolute atomic E-state index is 11.1. The third kappa shape index (κ3) is 9.16. The molecule has 31 heavy (non-hydrogen) atoms. The number of hydrogen-bond donors (Lipinski definition) is 3. The molecule has 2 aliphatic rings. The number of aryl methyl sites for hydroxylation is 1. The standard InChI is InChI=1S/C13H18O.C11H13NO3.CH4O/c1-13(2,3)10-11-6-5-7-12(14-4)9-8-11;1-2-3-7-4-8(13)5-9-11(7)15-6-10(14)12-9;1-2/h5,7-9H,10H2,1-4H3;4-5,13H,2-3,6H2,1H3,(H,12,14);2H,1H3. The monoisotopic (exact) mass is 429 g/mol. The largest absolute Gasteiger partial charge is 0.508 e. The molecule has 1 aromatic rings. The van der Waals surface area contributed by atoms with Crippen molar-refractivity contribution >= 4 is 11.6 Å². The van der Waals surface area contributed by atoms with E-state index in [9.17, 15) is 9.90 Å². The number of aliphatic hydroxyl groups is 1. The van der Waals surface area contributed by atoms with Crippen LogP contribution in [0.4, 0.5) is 5.69 Å². The van der Waals surface area contributed by atoms with Crippen molar-refractivity contribution in [3.8, 4) is 11.5 Å². The zero-order valence-electron chi connectivity index (χ0n) is 19.4. The third-order valence-corrected chi connectivity index (χ3v) is 4.21. The molecule has 0 bridgehead atoms. The highest BCUT2D eigenvalue weighted by Gasteiger charge is 2.19. The number of rotatable bonds is 4. The van der Waals surface area contributed by atoms with Crippen LogP contribution in [-0.4, -0.2) is 36.9 Å². The van der Waals surface area contributed by atoms with E-state index < -0.39 is 0 Å². The quantitative estimate of drug-likeness (QED) is 0.593. The predicted octanol–water partition coefficient (Wildman–Crippen LogP) is 4.89. The fraction of sp³-hybridized carbons (Fsp3) is 0.440. The molecule has 1 aliphatic carbocycles. The van der Waals surface area contributed by atoms with Crippen molar-refractivity contribution in [1.82, 2.24) is 0 Å². The van der Waals surface area contributed by atoms with Gasteiger partial charge in [0, 0.05) is 13.2 Å². The number of phenolic OH excluding ortho intramolecular Hbond substituents is 1. The van der Waals surface area contributed by atoms with Crippen molar-refractivity contribution in [2.24, 2.45) is 5.41 Å². The Kier molecular flexibility index (Phi) is 10.7. The lowest BCUT2D eigenvalue weighted by atomic mass is 9.88. The van der Waals surface area contributed by atoms with Crippen LogP contribution in [0.1, 0.15) is 46.1 Å².